The van der Waals surface area contributed by atoms with E-state index < -0.39 is 13.0 Å². The minimum Gasteiger partial charge on any atom is -0.489 e. The summed E-state index contributed by atoms with van der Waals surface area (Å²) in [6.07, 6.45) is -4.62. The lowest BCUT2D eigenvalue weighted by molar-refractivity contribution is -0.325. The molecule has 0 aromatic heterocycles. The molecule has 16 heavy (non-hydrogen) atoms. The molecule has 0 saturated carbocycles. The molecule has 0 saturated heterocycles. The van der Waals surface area contributed by atoms with Gasteiger partial charge in [-0.15, -0.1) is 13.2 Å². The lowest BCUT2D eigenvalue weighted by Gasteiger charge is -2.12. The SMILES string of the molecule is Cc1cccc(N)c1OCCOC(F)(F)F. The van der Waals surface area contributed by atoms with Crippen molar-refractivity contribution >= 4 is 5.69 Å². The molecule has 1 rings (SSSR count). The van der Waals surface area contributed by atoms with Gasteiger partial charge in [-0.2, -0.15) is 0 Å². The van der Waals surface area contributed by atoms with Gasteiger partial charge < -0.3 is 10.5 Å². The van der Waals surface area contributed by atoms with Crippen LogP contribution >= 0.6 is 0 Å². The van der Waals surface area contributed by atoms with Gasteiger partial charge in [-0.1, -0.05) is 12.1 Å². The number of para-hydroxylation sites is 1. The van der Waals surface area contributed by atoms with Crippen LogP contribution in [0.25, 0.3) is 0 Å². The number of halogens is 3. The highest BCUT2D eigenvalue weighted by atomic mass is 19.4. The van der Waals surface area contributed by atoms with Gasteiger partial charge >= 0.3 is 6.36 Å². The zero-order valence-corrected chi connectivity index (χ0v) is 8.67. The number of ether oxygens (including phenoxy) is 2. The number of nitrogens with two attached hydrogens (primary N) is 1. The molecule has 1 aromatic rings. The summed E-state index contributed by atoms with van der Waals surface area (Å²) in [4.78, 5) is 0. The van der Waals surface area contributed by atoms with E-state index in [-0.39, 0.29) is 6.61 Å². The van der Waals surface area contributed by atoms with Crippen molar-refractivity contribution in [2.24, 2.45) is 0 Å². The lowest BCUT2D eigenvalue weighted by atomic mass is 10.2. The molecule has 0 radical (unpaired) electrons. The molecule has 0 heterocycles. The summed E-state index contributed by atoms with van der Waals surface area (Å²) < 4.78 is 43.6. The molecule has 3 nitrogen and oxygen atoms in total. The molecule has 2 N–H and O–H groups in total. The molecule has 0 atom stereocenters. The Morgan fingerprint density at radius 2 is 1.94 bits per heavy atom. The van der Waals surface area contributed by atoms with Crippen molar-refractivity contribution in [3.8, 4) is 5.75 Å². The average Bonchev–Trinajstić information content (AvgIpc) is 2.14. The number of anilines is 1. The summed E-state index contributed by atoms with van der Waals surface area (Å²) in [5, 5.41) is 0. The number of alkyl halides is 3. The number of aryl methyl sites for hydroxylation is 1. The van der Waals surface area contributed by atoms with Crippen molar-refractivity contribution in [2.75, 3.05) is 18.9 Å². The summed E-state index contributed by atoms with van der Waals surface area (Å²) in [5.74, 6) is 0.397. The Balaban J connectivity index is 2.43. The molecule has 1 aromatic carbocycles. The second-order valence-electron chi connectivity index (χ2n) is 3.14. The van der Waals surface area contributed by atoms with E-state index in [2.05, 4.69) is 4.74 Å². The standard InChI is InChI=1S/C10H12F3NO2/c1-7-3-2-4-8(14)9(7)15-5-6-16-10(11,12)13/h2-4H,5-6,14H2,1H3. The minimum absolute atomic E-state index is 0.200. The lowest BCUT2D eigenvalue weighted by Crippen LogP contribution is -2.18. The fourth-order valence-corrected chi connectivity index (χ4v) is 1.17. The van der Waals surface area contributed by atoms with Crippen molar-refractivity contribution in [3.05, 3.63) is 23.8 Å². The first-order valence-electron chi connectivity index (χ1n) is 4.59. The molecule has 0 amide bonds. The molecule has 0 aliphatic carbocycles. The van der Waals surface area contributed by atoms with Crippen LogP contribution in [0.5, 0.6) is 5.75 Å². The Morgan fingerprint density at radius 1 is 1.25 bits per heavy atom. The van der Waals surface area contributed by atoms with Crippen LogP contribution in [-0.2, 0) is 4.74 Å². The molecule has 0 aliphatic rings. The predicted octanol–water partition coefficient (Wildman–Crippen LogP) is 2.49. The maximum atomic E-state index is 11.6. The van der Waals surface area contributed by atoms with E-state index in [1.807, 2.05) is 0 Å². The molecule has 0 fully saturated rings. The number of benzene rings is 1. The van der Waals surface area contributed by atoms with Crippen molar-refractivity contribution in [1.29, 1.82) is 0 Å². The zero-order chi connectivity index (χ0) is 12.2. The first-order chi connectivity index (χ1) is 7.40. The Bertz CT molecular complexity index is 332. The van der Waals surface area contributed by atoms with Crippen molar-refractivity contribution < 1.29 is 22.6 Å². The van der Waals surface area contributed by atoms with Crippen LogP contribution < -0.4 is 10.5 Å². The molecule has 0 aliphatic heterocycles. The van der Waals surface area contributed by atoms with Crippen LogP contribution in [0.2, 0.25) is 0 Å². The summed E-state index contributed by atoms with van der Waals surface area (Å²) in [7, 11) is 0. The van der Waals surface area contributed by atoms with Crippen LogP contribution in [0.15, 0.2) is 18.2 Å². The summed E-state index contributed by atoms with van der Waals surface area (Å²) >= 11 is 0. The van der Waals surface area contributed by atoms with E-state index in [9.17, 15) is 13.2 Å². The fraction of sp³-hybridized carbons (Fsp3) is 0.400. The van der Waals surface area contributed by atoms with Gasteiger partial charge in [0, 0.05) is 0 Å². The van der Waals surface area contributed by atoms with Gasteiger partial charge in [-0.25, -0.2) is 0 Å². The van der Waals surface area contributed by atoms with E-state index in [0.29, 0.717) is 11.4 Å². The first-order valence-corrected chi connectivity index (χ1v) is 4.59. The molecule has 90 valence electrons. The predicted molar refractivity (Wildman–Crippen MR) is 53.1 cm³/mol. The smallest absolute Gasteiger partial charge is 0.489 e. The van der Waals surface area contributed by atoms with Gasteiger partial charge in [0.05, 0.1) is 12.3 Å². The third-order valence-corrected chi connectivity index (χ3v) is 1.84. The monoisotopic (exact) mass is 235 g/mol. The maximum absolute atomic E-state index is 11.6. The molecule has 0 bridgehead atoms. The van der Waals surface area contributed by atoms with E-state index >= 15 is 0 Å². The molecule has 6 heteroatoms. The fourth-order valence-electron chi connectivity index (χ4n) is 1.17. The normalized spacial score (nSPS) is 11.5. The minimum atomic E-state index is -4.62. The molecular formula is C10H12F3NO2. The van der Waals surface area contributed by atoms with Crippen molar-refractivity contribution in [1.82, 2.24) is 0 Å². The Morgan fingerprint density at radius 3 is 2.50 bits per heavy atom. The van der Waals surface area contributed by atoms with Gasteiger partial charge in [0.1, 0.15) is 12.4 Å². The van der Waals surface area contributed by atoms with Crippen LogP contribution in [0.1, 0.15) is 5.56 Å². The quantitative estimate of drug-likeness (QED) is 0.644. The van der Waals surface area contributed by atoms with E-state index in [1.165, 1.54) is 0 Å². The van der Waals surface area contributed by atoms with Gasteiger partial charge in [-0.3, -0.25) is 4.74 Å². The van der Waals surface area contributed by atoms with Gasteiger partial charge in [0.25, 0.3) is 0 Å². The van der Waals surface area contributed by atoms with Crippen LogP contribution in [0, 0.1) is 6.92 Å². The maximum Gasteiger partial charge on any atom is 0.522 e. The third kappa shape index (κ3) is 3.98. The highest BCUT2D eigenvalue weighted by molar-refractivity contribution is 5.56. The van der Waals surface area contributed by atoms with Gasteiger partial charge in [0.2, 0.25) is 0 Å². The van der Waals surface area contributed by atoms with Gasteiger partial charge in [-0.05, 0) is 18.6 Å². The second-order valence-corrected chi connectivity index (χ2v) is 3.14. The van der Waals surface area contributed by atoms with E-state index in [4.69, 9.17) is 10.5 Å². The summed E-state index contributed by atoms with van der Waals surface area (Å²) in [5.41, 5.74) is 6.77. The molecule has 0 unspecified atom stereocenters. The number of hydrogen-bond acceptors (Lipinski definition) is 3. The van der Waals surface area contributed by atoms with Crippen LogP contribution in [0.3, 0.4) is 0 Å². The van der Waals surface area contributed by atoms with Crippen LogP contribution in [-0.4, -0.2) is 19.6 Å². The number of hydrogen-bond donors (Lipinski definition) is 1. The van der Waals surface area contributed by atoms with Crippen LogP contribution in [0.4, 0.5) is 18.9 Å². The Kier molecular flexibility index (Phi) is 4.00. The topological polar surface area (TPSA) is 44.5 Å². The Hall–Kier alpha value is -1.43. The molecular weight excluding hydrogens is 223 g/mol. The largest absolute Gasteiger partial charge is 0.522 e. The average molecular weight is 235 g/mol. The third-order valence-electron chi connectivity index (χ3n) is 1.84. The van der Waals surface area contributed by atoms with E-state index in [0.717, 1.165) is 5.56 Å². The number of rotatable bonds is 4. The number of nitrogen functional groups attached to an aromatic ring is 1. The van der Waals surface area contributed by atoms with E-state index in [1.54, 1.807) is 25.1 Å². The molecule has 0 spiro atoms. The summed E-state index contributed by atoms with van der Waals surface area (Å²) in [6.45, 7) is 1.00. The highest BCUT2D eigenvalue weighted by Crippen LogP contribution is 2.25. The van der Waals surface area contributed by atoms with Crippen molar-refractivity contribution in [2.45, 2.75) is 13.3 Å². The first kappa shape index (κ1) is 12.6. The van der Waals surface area contributed by atoms with Gasteiger partial charge in [0.15, 0.2) is 0 Å². The zero-order valence-electron chi connectivity index (χ0n) is 8.67. The van der Waals surface area contributed by atoms with Crippen molar-refractivity contribution in [3.63, 3.8) is 0 Å². The second kappa shape index (κ2) is 5.07. The highest BCUT2D eigenvalue weighted by Gasteiger charge is 2.28. The summed E-state index contributed by atoms with van der Waals surface area (Å²) in [6, 6.07) is 5.12. The Labute approximate surface area is 91.0 Å².